The zero-order valence-corrected chi connectivity index (χ0v) is 23.1. The third kappa shape index (κ3) is 5.69. The van der Waals surface area contributed by atoms with Crippen LogP contribution in [0.25, 0.3) is 11.3 Å². The lowest BCUT2D eigenvalue weighted by atomic mass is 10.1. The Morgan fingerprint density at radius 1 is 0.769 bits per heavy atom. The normalized spacial score (nSPS) is 16.7. The summed E-state index contributed by atoms with van der Waals surface area (Å²) in [6.45, 7) is 3.42. The average molecular weight is 552 g/mol. The highest BCUT2D eigenvalue weighted by molar-refractivity contribution is 7.89. The van der Waals surface area contributed by atoms with Gasteiger partial charge < -0.3 is 19.3 Å². The summed E-state index contributed by atoms with van der Waals surface area (Å²) >= 11 is 0. The van der Waals surface area contributed by atoms with Crippen LogP contribution in [-0.2, 0) is 10.0 Å². The molecule has 0 saturated carbocycles. The predicted octanol–water partition coefficient (Wildman–Crippen LogP) is 3.30. The molecule has 0 radical (unpaired) electrons. The van der Waals surface area contributed by atoms with E-state index in [9.17, 15) is 13.2 Å². The van der Waals surface area contributed by atoms with E-state index in [4.69, 9.17) is 9.47 Å². The van der Waals surface area contributed by atoms with Crippen molar-refractivity contribution in [1.82, 2.24) is 19.4 Å². The monoisotopic (exact) mass is 551 g/mol. The van der Waals surface area contributed by atoms with Crippen molar-refractivity contribution in [3.8, 4) is 22.8 Å². The molecule has 2 fully saturated rings. The molecule has 39 heavy (non-hydrogen) atoms. The van der Waals surface area contributed by atoms with Crippen molar-refractivity contribution < 1.29 is 22.7 Å². The molecule has 2 aliphatic rings. The van der Waals surface area contributed by atoms with E-state index < -0.39 is 10.0 Å². The van der Waals surface area contributed by atoms with Gasteiger partial charge in [-0.15, -0.1) is 10.2 Å². The number of anilines is 1. The first-order chi connectivity index (χ1) is 18.9. The van der Waals surface area contributed by atoms with Gasteiger partial charge in [0.1, 0.15) is 0 Å². The van der Waals surface area contributed by atoms with Gasteiger partial charge in [0.2, 0.25) is 10.0 Å². The Hall–Kier alpha value is -3.70. The van der Waals surface area contributed by atoms with Crippen molar-refractivity contribution in [1.29, 1.82) is 0 Å². The van der Waals surface area contributed by atoms with Crippen molar-refractivity contribution >= 4 is 21.7 Å². The molecule has 206 valence electrons. The molecule has 0 spiro atoms. The fourth-order valence-electron chi connectivity index (χ4n) is 4.99. The van der Waals surface area contributed by atoms with Crippen molar-refractivity contribution in [2.75, 3.05) is 58.4 Å². The maximum Gasteiger partial charge on any atom is 0.253 e. The van der Waals surface area contributed by atoms with Crippen LogP contribution in [-0.4, -0.2) is 87.2 Å². The number of carbonyl (C=O) groups is 1. The Balaban J connectivity index is 1.19. The fourth-order valence-corrected chi connectivity index (χ4v) is 6.51. The number of nitrogens with zero attached hydrogens (tertiary/aromatic N) is 5. The maximum absolute atomic E-state index is 13.1. The first-order valence-corrected chi connectivity index (χ1v) is 14.6. The van der Waals surface area contributed by atoms with Crippen molar-refractivity contribution in [3.63, 3.8) is 0 Å². The molecule has 1 amide bonds. The number of aromatic nitrogens is 2. The van der Waals surface area contributed by atoms with Gasteiger partial charge in [-0.25, -0.2) is 8.42 Å². The Morgan fingerprint density at radius 2 is 1.46 bits per heavy atom. The van der Waals surface area contributed by atoms with Gasteiger partial charge in [-0.2, -0.15) is 4.31 Å². The van der Waals surface area contributed by atoms with E-state index in [1.165, 1.54) is 4.31 Å². The highest BCUT2D eigenvalue weighted by atomic mass is 32.2. The Kier molecular flexibility index (Phi) is 7.99. The van der Waals surface area contributed by atoms with Gasteiger partial charge in [-0.1, -0.05) is 6.42 Å². The number of hydrogen-bond donors (Lipinski definition) is 0. The van der Waals surface area contributed by atoms with Crippen molar-refractivity contribution in [3.05, 3.63) is 60.2 Å². The van der Waals surface area contributed by atoms with E-state index in [1.54, 1.807) is 43.4 Å². The van der Waals surface area contributed by atoms with E-state index in [0.717, 1.165) is 36.3 Å². The van der Waals surface area contributed by atoms with Crippen LogP contribution in [0.15, 0.2) is 59.5 Å². The number of benzene rings is 2. The molecule has 11 heteroatoms. The van der Waals surface area contributed by atoms with Crippen LogP contribution in [0.2, 0.25) is 0 Å². The topological polar surface area (TPSA) is 105 Å². The van der Waals surface area contributed by atoms with Gasteiger partial charge in [0.15, 0.2) is 17.3 Å². The van der Waals surface area contributed by atoms with Crippen LogP contribution >= 0.6 is 0 Å². The minimum absolute atomic E-state index is 0.105. The second kappa shape index (κ2) is 11.6. The third-order valence-electron chi connectivity index (χ3n) is 7.27. The first-order valence-electron chi connectivity index (χ1n) is 13.1. The molecule has 0 atom stereocenters. The molecule has 2 aromatic carbocycles. The summed E-state index contributed by atoms with van der Waals surface area (Å²) in [7, 11) is -0.328. The second-order valence-electron chi connectivity index (χ2n) is 9.61. The standard InChI is InChI=1S/C28H33N5O5S/c1-37-25-12-8-22(20-26(25)38-2)24-11-13-27(30-29-24)31-16-18-32(19-17-31)28(34)21-6-9-23(10-7-21)39(35,36)33-14-4-3-5-15-33/h6-13,20H,3-5,14-19H2,1-2H3. The average Bonchev–Trinajstić information content (AvgIpc) is 3.01. The number of amides is 1. The molecule has 0 bridgehead atoms. The smallest absolute Gasteiger partial charge is 0.253 e. The van der Waals surface area contributed by atoms with Gasteiger partial charge in [0.05, 0.1) is 24.8 Å². The molecule has 5 rings (SSSR count). The summed E-state index contributed by atoms with van der Waals surface area (Å²) in [6, 6.07) is 15.8. The Bertz CT molecular complexity index is 1400. The number of carbonyl (C=O) groups excluding carboxylic acids is 1. The second-order valence-corrected chi connectivity index (χ2v) is 11.6. The molecule has 3 heterocycles. The highest BCUT2D eigenvalue weighted by Crippen LogP contribution is 2.31. The van der Waals surface area contributed by atoms with E-state index in [2.05, 4.69) is 15.1 Å². The summed E-state index contributed by atoms with van der Waals surface area (Å²) in [5.41, 5.74) is 2.08. The third-order valence-corrected chi connectivity index (χ3v) is 9.19. The number of rotatable bonds is 7. The van der Waals surface area contributed by atoms with Crippen LogP contribution < -0.4 is 14.4 Å². The summed E-state index contributed by atoms with van der Waals surface area (Å²) in [5.74, 6) is 1.92. The van der Waals surface area contributed by atoms with Crippen LogP contribution in [0.5, 0.6) is 11.5 Å². The van der Waals surface area contributed by atoms with Crippen LogP contribution in [0.1, 0.15) is 29.6 Å². The Morgan fingerprint density at radius 3 is 2.08 bits per heavy atom. The zero-order chi connectivity index (χ0) is 27.4. The summed E-state index contributed by atoms with van der Waals surface area (Å²) in [4.78, 5) is 17.2. The first kappa shape index (κ1) is 26.9. The number of piperidine rings is 1. The lowest BCUT2D eigenvalue weighted by Gasteiger charge is -2.35. The maximum atomic E-state index is 13.1. The van der Waals surface area contributed by atoms with Crippen LogP contribution in [0.3, 0.4) is 0 Å². The molecule has 2 saturated heterocycles. The Labute approximate surface area is 229 Å². The van der Waals surface area contributed by atoms with E-state index in [0.29, 0.717) is 56.3 Å². The largest absolute Gasteiger partial charge is 0.493 e. The lowest BCUT2D eigenvalue weighted by Crippen LogP contribution is -2.49. The minimum atomic E-state index is -3.52. The summed E-state index contributed by atoms with van der Waals surface area (Å²) < 4.78 is 38.0. The van der Waals surface area contributed by atoms with Gasteiger partial charge in [-0.05, 0) is 67.4 Å². The molecule has 10 nitrogen and oxygen atoms in total. The van der Waals surface area contributed by atoms with Crippen molar-refractivity contribution in [2.45, 2.75) is 24.2 Å². The lowest BCUT2D eigenvalue weighted by molar-refractivity contribution is 0.0746. The van der Waals surface area contributed by atoms with Gasteiger partial charge in [0.25, 0.3) is 5.91 Å². The van der Waals surface area contributed by atoms with Gasteiger partial charge >= 0.3 is 0 Å². The van der Waals surface area contributed by atoms with Crippen molar-refractivity contribution in [2.24, 2.45) is 0 Å². The molecule has 0 N–H and O–H groups in total. The van der Waals surface area contributed by atoms with Crippen LogP contribution in [0.4, 0.5) is 5.82 Å². The molecular formula is C28H33N5O5S. The van der Waals surface area contributed by atoms with E-state index >= 15 is 0 Å². The van der Waals surface area contributed by atoms with Crippen LogP contribution in [0, 0.1) is 0 Å². The summed E-state index contributed by atoms with van der Waals surface area (Å²) in [6.07, 6.45) is 2.83. The van der Waals surface area contributed by atoms with Gasteiger partial charge in [-0.3, -0.25) is 4.79 Å². The molecule has 1 aromatic heterocycles. The molecule has 3 aromatic rings. The highest BCUT2D eigenvalue weighted by Gasteiger charge is 2.27. The van der Waals surface area contributed by atoms with E-state index in [-0.39, 0.29) is 10.8 Å². The molecule has 0 aliphatic carbocycles. The molecular weight excluding hydrogens is 518 g/mol. The van der Waals surface area contributed by atoms with Gasteiger partial charge in [0, 0.05) is 50.4 Å². The number of ether oxygens (including phenoxy) is 2. The number of sulfonamides is 1. The zero-order valence-electron chi connectivity index (χ0n) is 22.2. The number of piperazine rings is 1. The quantitative estimate of drug-likeness (QED) is 0.441. The number of hydrogen-bond acceptors (Lipinski definition) is 8. The molecule has 2 aliphatic heterocycles. The molecule has 0 unspecified atom stereocenters. The minimum Gasteiger partial charge on any atom is -0.493 e. The van der Waals surface area contributed by atoms with E-state index in [1.807, 2.05) is 30.3 Å². The SMILES string of the molecule is COc1ccc(-c2ccc(N3CCN(C(=O)c4ccc(S(=O)(=O)N5CCCCC5)cc4)CC3)nn2)cc1OC. The summed E-state index contributed by atoms with van der Waals surface area (Å²) in [5, 5.41) is 8.81. The predicted molar refractivity (Wildman–Crippen MR) is 148 cm³/mol. The number of methoxy groups -OCH3 is 2. The fraction of sp³-hybridized carbons (Fsp3) is 0.393.